The van der Waals surface area contributed by atoms with Gasteiger partial charge >= 0.3 is 5.97 Å². The van der Waals surface area contributed by atoms with Gasteiger partial charge in [-0.05, 0) is 38.4 Å². The van der Waals surface area contributed by atoms with Crippen LogP contribution < -0.4 is 5.32 Å². The first-order chi connectivity index (χ1) is 9.06. The van der Waals surface area contributed by atoms with Gasteiger partial charge in [0.05, 0.1) is 5.92 Å². The van der Waals surface area contributed by atoms with Crippen LogP contribution in [0.25, 0.3) is 0 Å². The Hall–Kier alpha value is -0.710. The van der Waals surface area contributed by atoms with E-state index in [1.807, 2.05) is 11.8 Å². The summed E-state index contributed by atoms with van der Waals surface area (Å²) in [5.41, 5.74) is 0. The molecule has 19 heavy (non-hydrogen) atoms. The summed E-state index contributed by atoms with van der Waals surface area (Å²) in [6.07, 6.45) is 8.84. The first-order valence-electron chi connectivity index (χ1n) is 7.12. The Balaban J connectivity index is 1.80. The van der Waals surface area contributed by atoms with E-state index in [0.29, 0.717) is 12.8 Å². The van der Waals surface area contributed by atoms with Gasteiger partial charge in [-0.3, -0.25) is 9.59 Å². The molecule has 0 aromatic heterocycles. The average Bonchev–Trinajstić information content (AvgIpc) is 3.06. The molecule has 2 saturated carbocycles. The predicted molar refractivity (Wildman–Crippen MR) is 76.2 cm³/mol. The quantitative estimate of drug-likeness (QED) is 0.813. The number of aliphatic carboxylic acids is 1. The monoisotopic (exact) mass is 285 g/mol. The van der Waals surface area contributed by atoms with Crippen molar-refractivity contribution in [3.05, 3.63) is 0 Å². The van der Waals surface area contributed by atoms with Gasteiger partial charge in [0.15, 0.2) is 0 Å². The van der Waals surface area contributed by atoms with Crippen molar-refractivity contribution in [3.63, 3.8) is 0 Å². The van der Waals surface area contributed by atoms with Crippen LogP contribution in [0.2, 0.25) is 0 Å². The molecule has 0 aromatic carbocycles. The summed E-state index contributed by atoms with van der Waals surface area (Å²) in [4.78, 5) is 23.0. The molecule has 108 valence electrons. The maximum atomic E-state index is 12.1. The molecule has 0 heterocycles. The fourth-order valence-electron chi connectivity index (χ4n) is 3.31. The number of carboxylic acid groups (broad SMARTS) is 1. The summed E-state index contributed by atoms with van der Waals surface area (Å²) in [6, 6.07) is 0. The number of amides is 1. The lowest BCUT2D eigenvalue weighted by molar-refractivity contribution is -0.141. The third kappa shape index (κ3) is 3.44. The van der Waals surface area contributed by atoms with Crippen LogP contribution in [0.3, 0.4) is 0 Å². The molecule has 2 atom stereocenters. The second-order valence-corrected chi connectivity index (χ2v) is 7.13. The summed E-state index contributed by atoms with van der Waals surface area (Å²) < 4.78 is 0.223. The van der Waals surface area contributed by atoms with Gasteiger partial charge in [0.2, 0.25) is 5.91 Å². The van der Waals surface area contributed by atoms with Crippen LogP contribution in [0.4, 0.5) is 0 Å². The Morgan fingerprint density at radius 2 is 1.89 bits per heavy atom. The number of hydrogen-bond donors (Lipinski definition) is 2. The molecule has 2 aliphatic carbocycles. The lowest BCUT2D eigenvalue weighted by Gasteiger charge is -2.27. The van der Waals surface area contributed by atoms with Crippen LogP contribution in [-0.4, -0.2) is 34.5 Å². The van der Waals surface area contributed by atoms with Crippen molar-refractivity contribution in [1.29, 1.82) is 0 Å². The third-order valence-electron chi connectivity index (χ3n) is 4.69. The highest BCUT2D eigenvalue weighted by atomic mass is 32.2. The molecule has 0 radical (unpaired) electrons. The Labute approximate surface area is 118 Å². The molecular formula is C14H23NO3S. The molecule has 4 nitrogen and oxygen atoms in total. The number of thioether (sulfide) groups is 1. The molecule has 0 saturated heterocycles. The van der Waals surface area contributed by atoms with Crippen molar-refractivity contribution in [2.75, 3.05) is 12.8 Å². The highest BCUT2D eigenvalue weighted by Crippen LogP contribution is 2.40. The molecule has 0 aromatic rings. The zero-order chi connectivity index (χ0) is 13.9. The molecular weight excluding hydrogens is 262 g/mol. The van der Waals surface area contributed by atoms with Crippen LogP contribution in [-0.2, 0) is 9.59 Å². The second-order valence-electron chi connectivity index (χ2n) is 5.86. The number of carboxylic acids is 1. The van der Waals surface area contributed by atoms with Gasteiger partial charge < -0.3 is 10.4 Å². The van der Waals surface area contributed by atoms with E-state index >= 15 is 0 Å². The van der Waals surface area contributed by atoms with Gasteiger partial charge in [-0.25, -0.2) is 0 Å². The van der Waals surface area contributed by atoms with E-state index in [1.165, 1.54) is 25.7 Å². The standard InChI is InChI=1S/C14H23NO3S/c1-19-14(6-2-3-7-14)9-15-12(16)10-4-5-11(8-10)13(17)18/h10-11H,2-9H2,1H3,(H,15,16)(H,17,18)/t10-,11+/m1/s1. The van der Waals surface area contributed by atoms with Crippen LogP contribution in [0.15, 0.2) is 0 Å². The SMILES string of the molecule is CSC1(CNC(=O)[C@@H]2CC[C@H](C(=O)O)C2)CCCC1. The number of hydrogen-bond acceptors (Lipinski definition) is 3. The summed E-state index contributed by atoms with van der Waals surface area (Å²) in [6.45, 7) is 0.737. The number of carbonyl (C=O) groups is 2. The molecule has 0 aliphatic heterocycles. The van der Waals surface area contributed by atoms with Gasteiger partial charge in [-0.1, -0.05) is 12.8 Å². The first kappa shape index (κ1) is 14.7. The summed E-state index contributed by atoms with van der Waals surface area (Å²) in [7, 11) is 0. The van der Waals surface area contributed by atoms with Gasteiger partial charge in [-0.2, -0.15) is 11.8 Å². The minimum atomic E-state index is -0.758. The fourth-order valence-corrected chi connectivity index (χ4v) is 4.22. The van der Waals surface area contributed by atoms with Gasteiger partial charge in [0.1, 0.15) is 0 Å². The molecule has 2 aliphatic rings. The largest absolute Gasteiger partial charge is 0.481 e. The molecule has 0 spiro atoms. The van der Waals surface area contributed by atoms with Gasteiger partial charge in [-0.15, -0.1) is 0 Å². The molecule has 5 heteroatoms. The minimum Gasteiger partial charge on any atom is -0.481 e. The van der Waals surface area contributed by atoms with Crippen molar-refractivity contribution >= 4 is 23.6 Å². The Morgan fingerprint density at radius 1 is 1.26 bits per heavy atom. The highest BCUT2D eigenvalue weighted by molar-refractivity contribution is 8.00. The van der Waals surface area contributed by atoms with Gasteiger partial charge in [0.25, 0.3) is 0 Å². The lowest BCUT2D eigenvalue weighted by atomic mass is 10.0. The fraction of sp³-hybridized carbons (Fsp3) is 0.857. The van der Waals surface area contributed by atoms with E-state index in [1.54, 1.807) is 0 Å². The van der Waals surface area contributed by atoms with Crippen molar-refractivity contribution < 1.29 is 14.7 Å². The molecule has 1 amide bonds. The van der Waals surface area contributed by atoms with E-state index in [-0.39, 0.29) is 22.5 Å². The zero-order valence-electron chi connectivity index (χ0n) is 11.5. The Kier molecular flexibility index (Phi) is 4.76. The Bertz CT molecular complexity index is 353. The molecule has 0 unspecified atom stereocenters. The second kappa shape index (κ2) is 6.16. The smallest absolute Gasteiger partial charge is 0.306 e. The highest BCUT2D eigenvalue weighted by Gasteiger charge is 2.36. The topological polar surface area (TPSA) is 66.4 Å². The van der Waals surface area contributed by atoms with Crippen LogP contribution in [0.5, 0.6) is 0 Å². The van der Waals surface area contributed by atoms with Crippen LogP contribution in [0.1, 0.15) is 44.9 Å². The lowest BCUT2D eigenvalue weighted by Crippen LogP contribution is -2.40. The van der Waals surface area contributed by atoms with Crippen molar-refractivity contribution in [3.8, 4) is 0 Å². The maximum absolute atomic E-state index is 12.1. The Morgan fingerprint density at radius 3 is 2.42 bits per heavy atom. The van der Waals surface area contributed by atoms with Crippen molar-refractivity contribution in [2.45, 2.75) is 49.7 Å². The average molecular weight is 285 g/mol. The molecule has 2 N–H and O–H groups in total. The van der Waals surface area contributed by atoms with E-state index in [9.17, 15) is 9.59 Å². The number of rotatable bonds is 5. The number of carbonyl (C=O) groups excluding carboxylic acids is 1. The maximum Gasteiger partial charge on any atom is 0.306 e. The van der Waals surface area contributed by atoms with Crippen molar-refractivity contribution in [1.82, 2.24) is 5.32 Å². The molecule has 2 rings (SSSR count). The molecule has 2 fully saturated rings. The van der Waals surface area contributed by atoms with E-state index in [0.717, 1.165) is 13.0 Å². The molecule has 0 bridgehead atoms. The summed E-state index contributed by atoms with van der Waals surface area (Å²) in [5.74, 6) is -1.12. The van der Waals surface area contributed by atoms with Crippen LogP contribution in [0, 0.1) is 11.8 Å². The minimum absolute atomic E-state index is 0.0593. The third-order valence-corrected chi connectivity index (χ3v) is 6.10. The number of nitrogens with one attached hydrogen (secondary N) is 1. The normalized spacial score (nSPS) is 29.3. The summed E-state index contributed by atoms with van der Waals surface area (Å²) in [5, 5.41) is 12.0. The summed E-state index contributed by atoms with van der Waals surface area (Å²) >= 11 is 1.86. The predicted octanol–water partition coefficient (Wildman–Crippen LogP) is 2.28. The van der Waals surface area contributed by atoms with E-state index in [4.69, 9.17) is 5.11 Å². The van der Waals surface area contributed by atoms with E-state index < -0.39 is 5.97 Å². The van der Waals surface area contributed by atoms with Gasteiger partial charge in [0, 0.05) is 17.2 Å². The first-order valence-corrected chi connectivity index (χ1v) is 8.34. The van der Waals surface area contributed by atoms with Crippen LogP contribution >= 0.6 is 11.8 Å². The van der Waals surface area contributed by atoms with E-state index in [2.05, 4.69) is 11.6 Å². The zero-order valence-corrected chi connectivity index (χ0v) is 12.3. The van der Waals surface area contributed by atoms with Crippen molar-refractivity contribution in [2.24, 2.45) is 11.8 Å².